The third-order valence-electron chi connectivity index (χ3n) is 5.14. The largest absolute Gasteiger partial charge is 0.497 e. The second-order valence-electron chi connectivity index (χ2n) is 6.98. The third-order valence-corrected chi connectivity index (χ3v) is 7.25. The summed E-state index contributed by atoms with van der Waals surface area (Å²) in [4.78, 5) is 20.1. The summed E-state index contributed by atoms with van der Waals surface area (Å²) in [7, 11) is -2.31. The number of carbonyl (C=O) groups excluding carboxylic acids is 1. The maximum Gasteiger partial charge on any atom is 0.264 e. The first kappa shape index (κ1) is 19.4. The number of hydroxylamine groups is 2. The number of methoxy groups -OCH3 is 1. The topological polar surface area (TPSA) is 113 Å². The summed E-state index contributed by atoms with van der Waals surface area (Å²) in [6.07, 6.45) is 1.34. The van der Waals surface area contributed by atoms with Crippen LogP contribution in [0.1, 0.15) is 19.3 Å². The molecule has 1 fully saturated rings. The van der Waals surface area contributed by atoms with Crippen LogP contribution in [-0.4, -0.2) is 53.5 Å². The summed E-state index contributed by atoms with van der Waals surface area (Å²) in [5, 5.41) is 8.99. The van der Waals surface area contributed by atoms with Gasteiger partial charge in [0.25, 0.3) is 5.91 Å². The number of imidazole rings is 1. The van der Waals surface area contributed by atoms with Gasteiger partial charge in [-0.1, -0.05) is 0 Å². The number of aromatic nitrogens is 2. The lowest BCUT2D eigenvalue weighted by atomic mass is 10.2. The normalized spacial score (nSPS) is 18.1. The minimum absolute atomic E-state index is 0.0488. The molecule has 2 heterocycles. The number of hydrogen-bond acceptors (Lipinski definition) is 6. The van der Waals surface area contributed by atoms with Crippen LogP contribution in [0.4, 0.5) is 0 Å². The second kappa shape index (κ2) is 7.49. The molecule has 2 N–H and O–H groups in total. The van der Waals surface area contributed by atoms with Gasteiger partial charge in [-0.2, -0.15) is 0 Å². The number of amides is 1. The molecule has 0 bridgehead atoms. The number of aromatic amines is 1. The van der Waals surface area contributed by atoms with Crippen molar-refractivity contribution in [3.63, 3.8) is 0 Å². The Bertz CT molecular complexity index is 1150. The van der Waals surface area contributed by atoms with Crippen molar-refractivity contribution in [1.29, 1.82) is 0 Å². The molecule has 1 aliphatic rings. The van der Waals surface area contributed by atoms with Gasteiger partial charge in [0, 0.05) is 18.2 Å². The molecule has 1 aromatic heterocycles. The second-order valence-corrected chi connectivity index (χ2v) is 9.11. The zero-order valence-corrected chi connectivity index (χ0v) is 16.6. The van der Waals surface area contributed by atoms with E-state index >= 15 is 0 Å². The molecular formula is C20H21N3O5S. The van der Waals surface area contributed by atoms with Gasteiger partial charge in [0.1, 0.15) is 16.8 Å². The molecule has 9 heteroatoms. The average molecular weight is 415 g/mol. The molecule has 0 aliphatic carbocycles. The van der Waals surface area contributed by atoms with Gasteiger partial charge in [-0.05, 0) is 55.7 Å². The molecule has 8 nitrogen and oxygen atoms in total. The Morgan fingerprint density at radius 3 is 2.66 bits per heavy atom. The number of nitrogens with zero attached hydrogens (tertiary/aromatic N) is 2. The Morgan fingerprint density at radius 2 is 1.93 bits per heavy atom. The Morgan fingerprint density at radius 1 is 1.17 bits per heavy atom. The number of nitrogens with one attached hydrogen (secondary N) is 1. The minimum Gasteiger partial charge on any atom is -0.497 e. The fraction of sp³-hybridized carbons (Fsp3) is 0.300. The van der Waals surface area contributed by atoms with E-state index < -0.39 is 21.0 Å². The van der Waals surface area contributed by atoms with Crippen molar-refractivity contribution < 1.29 is 23.2 Å². The van der Waals surface area contributed by atoms with Crippen LogP contribution >= 0.6 is 0 Å². The summed E-state index contributed by atoms with van der Waals surface area (Å²) in [6, 6.07) is 11.7. The smallest absolute Gasteiger partial charge is 0.264 e. The molecule has 1 aliphatic heterocycles. The molecule has 1 saturated heterocycles. The van der Waals surface area contributed by atoms with Crippen molar-refractivity contribution in [1.82, 2.24) is 15.0 Å². The van der Waals surface area contributed by atoms with Crippen LogP contribution < -0.4 is 4.74 Å². The summed E-state index contributed by atoms with van der Waals surface area (Å²) < 4.78 is 31.1. The van der Waals surface area contributed by atoms with Gasteiger partial charge in [0.2, 0.25) is 0 Å². The highest BCUT2D eigenvalue weighted by molar-refractivity contribution is 7.92. The number of carbonyl (C=O) groups is 1. The van der Waals surface area contributed by atoms with E-state index in [-0.39, 0.29) is 17.9 Å². The van der Waals surface area contributed by atoms with Gasteiger partial charge in [0.05, 0.1) is 23.0 Å². The Kier molecular flexibility index (Phi) is 5.01. The number of benzene rings is 2. The van der Waals surface area contributed by atoms with Crippen molar-refractivity contribution in [3.8, 4) is 17.1 Å². The van der Waals surface area contributed by atoms with Gasteiger partial charge in [-0.15, -0.1) is 0 Å². The number of H-pyrrole nitrogens is 1. The first-order valence-electron chi connectivity index (χ1n) is 9.28. The third kappa shape index (κ3) is 3.58. The van der Waals surface area contributed by atoms with Crippen LogP contribution in [0.3, 0.4) is 0 Å². The molecule has 0 saturated carbocycles. The first-order valence-corrected chi connectivity index (χ1v) is 10.8. The van der Waals surface area contributed by atoms with E-state index in [9.17, 15) is 18.4 Å². The molecule has 3 aromatic rings. The predicted octanol–water partition coefficient (Wildman–Crippen LogP) is 2.78. The summed E-state index contributed by atoms with van der Waals surface area (Å²) in [5.74, 6) is 0.532. The summed E-state index contributed by atoms with van der Waals surface area (Å²) in [6.45, 7) is 0.153. The Labute approximate surface area is 168 Å². The van der Waals surface area contributed by atoms with E-state index in [0.717, 1.165) is 16.6 Å². The Hall–Kier alpha value is -2.91. The van der Waals surface area contributed by atoms with Crippen molar-refractivity contribution >= 4 is 26.8 Å². The van der Waals surface area contributed by atoms with Crippen LogP contribution in [-0.2, 0) is 14.6 Å². The molecule has 152 valence electrons. The van der Waals surface area contributed by atoms with Crippen LogP contribution in [0.15, 0.2) is 47.4 Å². The molecule has 4 rings (SSSR count). The van der Waals surface area contributed by atoms with Crippen molar-refractivity contribution in [2.75, 3.05) is 13.7 Å². The maximum absolute atomic E-state index is 13.0. The van der Waals surface area contributed by atoms with Crippen LogP contribution in [0.5, 0.6) is 5.75 Å². The van der Waals surface area contributed by atoms with Gasteiger partial charge < -0.3 is 9.72 Å². The van der Waals surface area contributed by atoms with Gasteiger partial charge in [-0.25, -0.2) is 18.5 Å². The number of sulfone groups is 1. The van der Waals surface area contributed by atoms with E-state index in [1.165, 1.54) is 12.1 Å². The first-order chi connectivity index (χ1) is 13.9. The fourth-order valence-corrected chi connectivity index (χ4v) is 5.20. The lowest BCUT2D eigenvalue weighted by Crippen LogP contribution is -2.39. The highest BCUT2D eigenvalue weighted by atomic mass is 32.2. The van der Waals surface area contributed by atoms with Crippen LogP contribution in [0.25, 0.3) is 22.4 Å². The number of rotatable bonds is 4. The molecule has 0 radical (unpaired) electrons. The van der Waals surface area contributed by atoms with Crippen molar-refractivity contribution in [2.24, 2.45) is 0 Å². The van der Waals surface area contributed by atoms with E-state index in [1.807, 2.05) is 18.2 Å². The van der Waals surface area contributed by atoms with Gasteiger partial charge in [0.15, 0.2) is 9.84 Å². The highest BCUT2D eigenvalue weighted by Crippen LogP contribution is 2.28. The van der Waals surface area contributed by atoms with Crippen molar-refractivity contribution in [2.45, 2.75) is 29.4 Å². The van der Waals surface area contributed by atoms with Crippen molar-refractivity contribution in [3.05, 3.63) is 42.5 Å². The molecule has 0 spiro atoms. The van der Waals surface area contributed by atoms with E-state index in [2.05, 4.69) is 9.97 Å². The van der Waals surface area contributed by atoms with E-state index in [4.69, 9.17) is 4.74 Å². The molecule has 29 heavy (non-hydrogen) atoms. The predicted molar refractivity (Wildman–Crippen MR) is 106 cm³/mol. The van der Waals surface area contributed by atoms with E-state index in [0.29, 0.717) is 29.5 Å². The maximum atomic E-state index is 13.0. The SMILES string of the molecule is COc1ccc2[nH]c(-c3ccc(S(=O)(=O)C4CCCCN(O)C4=O)cc3)nc2c1. The lowest BCUT2D eigenvalue weighted by molar-refractivity contribution is -0.163. The zero-order valence-electron chi connectivity index (χ0n) is 15.8. The van der Waals surface area contributed by atoms with Crippen LogP contribution in [0.2, 0.25) is 0 Å². The quantitative estimate of drug-likeness (QED) is 0.634. The highest BCUT2D eigenvalue weighted by Gasteiger charge is 2.37. The fourth-order valence-electron chi connectivity index (χ4n) is 3.50. The molecule has 2 aromatic carbocycles. The number of fused-ring (bicyclic) bond motifs is 1. The molecule has 1 unspecified atom stereocenters. The monoisotopic (exact) mass is 415 g/mol. The standard InChI is InChI=1S/C20H21N3O5S/c1-28-14-7-10-16-17(12-14)22-19(21-16)13-5-8-15(9-6-13)29(26,27)18-4-2-3-11-23(25)20(18)24/h5-10,12,18,25H,2-4,11H2,1H3,(H,21,22). The Balaban J connectivity index is 1.64. The molecular weight excluding hydrogens is 394 g/mol. The van der Waals surface area contributed by atoms with E-state index in [1.54, 1.807) is 19.2 Å². The minimum atomic E-state index is -3.90. The number of hydrogen-bond donors (Lipinski definition) is 2. The number of ether oxygens (including phenoxy) is 1. The summed E-state index contributed by atoms with van der Waals surface area (Å²) in [5.41, 5.74) is 2.29. The lowest BCUT2D eigenvalue weighted by Gasteiger charge is -2.18. The van der Waals surface area contributed by atoms with Gasteiger partial charge in [-0.3, -0.25) is 10.0 Å². The average Bonchev–Trinajstić information content (AvgIpc) is 3.08. The molecule has 1 amide bonds. The van der Waals surface area contributed by atoms with Gasteiger partial charge >= 0.3 is 0 Å². The zero-order chi connectivity index (χ0) is 20.6. The summed E-state index contributed by atoms with van der Waals surface area (Å²) >= 11 is 0. The van der Waals surface area contributed by atoms with Crippen LogP contribution in [0, 0.1) is 0 Å². The molecule has 1 atom stereocenters.